The zero-order chi connectivity index (χ0) is 8.15. The summed E-state index contributed by atoms with van der Waals surface area (Å²) in [4.78, 5) is 10.6. The SMILES string of the molecule is CCC(C)C(C)NC(C)=O. The summed E-state index contributed by atoms with van der Waals surface area (Å²) >= 11 is 0. The summed E-state index contributed by atoms with van der Waals surface area (Å²) in [5.74, 6) is 0.636. The molecule has 0 aromatic heterocycles. The van der Waals surface area contributed by atoms with Crippen LogP contribution < -0.4 is 5.32 Å². The number of hydrogen-bond acceptors (Lipinski definition) is 1. The molecule has 60 valence electrons. The monoisotopic (exact) mass is 143 g/mol. The lowest BCUT2D eigenvalue weighted by Gasteiger charge is -2.18. The average Bonchev–Trinajstić information content (AvgIpc) is 1.85. The summed E-state index contributed by atoms with van der Waals surface area (Å²) in [5, 5.41) is 2.85. The van der Waals surface area contributed by atoms with Crippen molar-refractivity contribution in [1.82, 2.24) is 5.32 Å². The van der Waals surface area contributed by atoms with Crippen molar-refractivity contribution < 1.29 is 4.79 Å². The number of hydrogen-bond donors (Lipinski definition) is 1. The number of amides is 1. The average molecular weight is 143 g/mol. The van der Waals surface area contributed by atoms with E-state index < -0.39 is 0 Å². The van der Waals surface area contributed by atoms with Crippen LogP contribution in [-0.4, -0.2) is 11.9 Å². The van der Waals surface area contributed by atoms with Gasteiger partial charge in [-0.25, -0.2) is 0 Å². The molecule has 0 saturated heterocycles. The van der Waals surface area contributed by atoms with Gasteiger partial charge in [-0.05, 0) is 12.8 Å². The third-order valence-electron chi connectivity index (χ3n) is 1.93. The maximum atomic E-state index is 10.6. The van der Waals surface area contributed by atoms with Gasteiger partial charge in [0.2, 0.25) is 5.91 Å². The predicted octanol–water partition coefficient (Wildman–Crippen LogP) is 1.56. The molecule has 0 aromatic rings. The molecule has 0 fully saturated rings. The first-order valence-electron chi connectivity index (χ1n) is 3.85. The lowest BCUT2D eigenvalue weighted by atomic mass is 10.0. The van der Waals surface area contributed by atoms with E-state index in [0.717, 1.165) is 6.42 Å². The van der Waals surface area contributed by atoms with Crippen LogP contribution in [0.1, 0.15) is 34.1 Å². The molecular formula is C8H17NO. The molecule has 10 heavy (non-hydrogen) atoms. The molecule has 0 aliphatic carbocycles. The highest BCUT2D eigenvalue weighted by molar-refractivity contribution is 5.73. The van der Waals surface area contributed by atoms with Crippen LogP contribution in [0.15, 0.2) is 0 Å². The smallest absolute Gasteiger partial charge is 0.217 e. The molecule has 0 spiro atoms. The van der Waals surface area contributed by atoms with Gasteiger partial charge < -0.3 is 5.32 Å². The van der Waals surface area contributed by atoms with Crippen molar-refractivity contribution in [2.24, 2.45) is 5.92 Å². The fraction of sp³-hybridized carbons (Fsp3) is 0.875. The summed E-state index contributed by atoms with van der Waals surface area (Å²) in [6.07, 6.45) is 1.11. The summed E-state index contributed by atoms with van der Waals surface area (Å²) in [6.45, 7) is 7.86. The second kappa shape index (κ2) is 4.31. The minimum Gasteiger partial charge on any atom is -0.354 e. The van der Waals surface area contributed by atoms with Gasteiger partial charge >= 0.3 is 0 Å². The van der Waals surface area contributed by atoms with Crippen molar-refractivity contribution in [2.45, 2.75) is 40.2 Å². The molecular weight excluding hydrogens is 126 g/mol. The Hall–Kier alpha value is -0.530. The van der Waals surface area contributed by atoms with Gasteiger partial charge in [0.1, 0.15) is 0 Å². The molecule has 1 amide bonds. The Morgan fingerprint density at radius 3 is 2.30 bits per heavy atom. The maximum absolute atomic E-state index is 10.6. The molecule has 0 aliphatic rings. The van der Waals surface area contributed by atoms with Crippen LogP contribution in [0.3, 0.4) is 0 Å². The molecule has 0 aliphatic heterocycles. The lowest BCUT2D eigenvalue weighted by molar-refractivity contribution is -0.119. The van der Waals surface area contributed by atoms with E-state index in [1.807, 2.05) is 6.92 Å². The van der Waals surface area contributed by atoms with Gasteiger partial charge in [-0.15, -0.1) is 0 Å². The minimum absolute atomic E-state index is 0.0628. The summed E-state index contributed by atoms with van der Waals surface area (Å²) in [5.41, 5.74) is 0. The van der Waals surface area contributed by atoms with E-state index >= 15 is 0 Å². The molecule has 1 N–H and O–H groups in total. The van der Waals surface area contributed by atoms with Gasteiger partial charge in [-0.2, -0.15) is 0 Å². The normalized spacial score (nSPS) is 16.0. The van der Waals surface area contributed by atoms with Gasteiger partial charge in [0.05, 0.1) is 0 Å². The molecule has 0 aromatic carbocycles. The Morgan fingerprint density at radius 2 is 2.00 bits per heavy atom. The Balaban J connectivity index is 3.61. The van der Waals surface area contributed by atoms with E-state index in [4.69, 9.17) is 0 Å². The van der Waals surface area contributed by atoms with Crippen LogP contribution in [0, 0.1) is 5.92 Å². The van der Waals surface area contributed by atoms with Crippen LogP contribution in [0.4, 0.5) is 0 Å². The quantitative estimate of drug-likeness (QED) is 0.638. The third kappa shape index (κ3) is 3.49. The Labute approximate surface area is 63.0 Å². The largest absolute Gasteiger partial charge is 0.354 e. The third-order valence-corrected chi connectivity index (χ3v) is 1.93. The standard InChI is InChI=1S/C8H17NO/c1-5-6(2)7(3)9-8(4)10/h6-7H,5H2,1-4H3,(H,9,10). The molecule has 2 nitrogen and oxygen atoms in total. The Bertz CT molecular complexity index is 112. The predicted molar refractivity (Wildman–Crippen MR) is 42.7 cm³/mol. The Morgan fingerprint density at radius 1 is 1.50 bits per heavy atom. The molecule has 2 unspecified atom stereocenters. The molecule has 2 heteroatoms. The fourth-order valence-electron chi connectivity index (χ4n) is 0.816. The summed E-state index contributed by atoms with van der Waals surface area (Å²) < 4.78 is 0. The molecule has 0 bridgehead atoms. The zero-order valence-corrected chi connectivity index (χ0v) is 7.27. The van der Waals surface area contributed by atoms with Crippen LogP contribution >= 0.6 is 0 Å². The van der Waals surface area contributed by atoms with Crippen molar-refractivity contribution in [3.05, 3.63) is 0 Å². The number of carbonyl (C=O) groups is 1. The second-order valence-electron chi connectivity index (χ2n) is 2.87. The first kappa shape index (κ1) is 9.47. The minimum atomic E-state index is 0.0628. The second-order valence-corrected chi connectivity index (χ2v) is 2.87. The van der Waals surface area contributed by atoms with Gasteiger partial charge in [0.25, 0.3) is 0 Å². The highest BCUT2D eigenvalue weighted by Crippen LogP contribution is 2.05. The van der Waals surface area contributed by atoms with E-state index in [2.05, 4.69) is 19.2 Å². The van der Waals surface area contributed by atoms with Crippen molar-refractivity contribution in [2.75, 3.05) is 0 Å². The summed E-state index contributed by atoms with van der Waals surface area (Å²) in [6, 6.07) is 0.308. The first-order chi connectivity index (χ1) is 4.57. The van der Waals surface area contributed by atoms with Crippen molar-refractivity contribution in [3.8, 4) is 0 Å². The molecule has 0 heterocycles. The summed E-state index contributed by atoms with van der Waals surface area (Å²) in [7, 11) is 0. The molecule has 0 saturated carbocycles. The van der Waals surface area contributed by atoms with Crippen LogP contribution in [-0.2, 0) is 4.79 Å². The fourth-order valence-corrected chi connectivity index (χ4v) is 0.816. The zero-order valence-electron chi connectivity index (χ0n) is 7.27. The van der Waals surface area contributed by atoms with Gasteiger partial charge in [0.15, 0.2) is 0 Å². The van der Waals surface area contributed by atoms with Crippen molar-refractivity contribution in [3.63, 3.8) is 0 Å². The number of nitrogens with one attached hydrogen (secondary N) is 1. The van der Waals surface area contributed by atoms with E-state index in [9.17, 15) is 4.79 Å². The number of carbonyl (C=O) groups excluding carboxylic acids is 1. The lowest BCUT2D eigenvalue weighted by Crippen LogP contribution is -2.35. The first-order valence-corrected chi connectivity index (χ1v) is 3.85. The highest BCUT2D eigenvalue weighted by Gasteiger charge is 2.09. The van der Waals surface area contributed by atoms with E-state index in [1.54, 1.807) is 6.92 Å². The van der Waals surface area contributed by atoms with Gasteiger partial charge in [0, 0.05) is 13.0 Å². The van der Waals surface area contributed by atoms with Crippen molar-refractivity contribution >= 4 is 5.91 Å². The Kier molecular flexibility index (Phi) is 4.08. The number of rotatable bonds is 3. The molecule has 0 rings (SSSR count). The van der Waals surface area contributed by atoms with Crippen LogP contribution in [0.25, 0.3) is 0 Å². The van der Waals surface area contributed by atoms with E-state index in [-0.39, 0.29) is 5.91 Å². The van der Waals surface area contributed by atoms with Crippen LogP contribution in [0.5, 0.6) is 0 Å². The topological polar surface area (TPSA) is 29.1 Å². The maximum Gasteiger partial charge on any atom is 0.217 e. The highest BCUT2D eigenvalue weighted by atomic mass is 16.1. The van der Waals surface area contributed by atoms with Gasteiger partial charge in [-0.3, -0.25) is 4.79 Å². The molecule has 0 radical (unpaired) electrons. The van der Waals surface area contributed by atoms with Crippen molar-refractivity contribution in [1.29, 1.82) is 0 Å². The van der Waals surface area contributed by atoms with Gasteiger partial charge in [-0.1, -0.05) is 20.3 Å². The van der Waals surface area contributed by atoms with Crippen LogP contribution in [0.2, 0.25) is 0 Å². The van der Waals surface area contributed by atoms with E-state index in [0.29, 0.717) is 12.0 Å². The van der Waals surface area contributed by atoms with E-state index in [1.165, 1.54) is 0 Å². The molecule has 2 atom stereocenters.